The van der Waals surface area contributed by atoms with Gasteiger partial charge in [-0.25, -0.2) is 14.2 Å². The lowest BCUT2D eigenvalue weighted by atomic mass is 10.3. The molecule has 0 spiro atoms. The summed E-state index contributed by atoms with van der Waals surface area (Å²) in [6.07, 6.45) is 0. The van der Waals surface area contributed by atoms with E-state index >= 15 is 0 Å². The van der Waals surface area contributed by atoms with Gasteiger partial charge in [0.15, 0.2) is 5.69 Å². The monoisotopic (exact) mass is 267 g/mol. The van der Waals surface area contributed by atoms with Crippen LogP contribution in [-0.2, 0) is 0 Å². The first-order chi connectivity index (χ1) is 5.09. The fourth-order valence-corrected chi connectivity index (χ4v) is 1.13. The second-order valence-corrected chi connectivity index (χ2v) is 2.90. The summed E-state index contributed by atoms with van der Waals surface area (Å²) >= 11 is 1.75. The Balaban J connectivity index is 3.19. The van der Waals surface area contributed by atoms with Gasteiger partial charge in [-0.15, -0.1) is 0 Å². The van der Waals surface area contributed by atoms with Crippen LogP contribution in [0.4, 0.5) is 4.39 Å². The van der Waals surface area contributed by atoms with Crippen molar-refractivity contribution in [2.75, 3.05) is 0 Å². The molecule has 0 unspecified atom stereocenters. The van der Waals surface area contributed by atoms with E-state index in [9.17, 15) is 9.18 Å². The summed E-state index contributed by atoms with van der Waals surface area (Å²) in [4.78, 5) is 13.9. The molecule has 0 saturated heterocycles. The molecule has 1 heterocycles. The topological polar surface area (TPSA) is 50.2 Å². The van der Waals surface area contributed by atoms with Crippen LogP contribution in [0.15, 0.2) is 12.1 Å². The SMILES string of the molecule is O=C(O)c1cc(F)cc(I)n1. The number of hydrogen-bond donors (Lipinski definition) is 1. The molecule has 1 aromatic rings. The van der Waals surface area contributed by atoms with Gasteiger partial charge in [-0.1, -0.05) is 0 Å². The molecule has 1 rings (SSSR count). The Labute approximate surface area is 75.4 Å². The number of nitrogens with zero attached hydrogens (tertiary/aromatic N) is 1. The molecule has 1 aromatic heterocycles. The first-order valence-corrected chi connectivity index (χ1v) is 3.74. The van der Waals surface area contributed by atoms with Gasteiger partial charge in [0.05, 0.1) is 0 Å². The Hall–Kier alpha value is -0.720. The number of halogens is 2. The maximum atomic E-state index is 12.5. The number of carboxylic acids is 1. The third-order valence-electron chi connectivity index (χ3n) is 0.978. The second-order valence-electron chi connectivity index (χ2n) is 1.80. The average molecular weight is 267 g/mol. The van der Waals surface area contributed by atoms with Crippen LogP contribution in [0.3, 0.4) is 0 Å². The number of rotatable bonds is 1. The highest BCUT2D eigenvalue weighted by atomic mass is 127. The van der Waals surface area contributed by atoms with Crippen molar-refractivity contribution in [3.8, 4) is 0 Å². The minimum atomic E-state index is -1.22. The molecule has 0 radical (unpaired) electrons. The fraction of sp³-hybridized carbons (Fsp3) is 0. The van der Waals surface area contributed by atoms with Gasteiger partial charge in [0, 0.05) is 12.1 Å². The maximum absolute atomic E-state index is 12.5. The Morgan fingerprint density at radius 2 is 2.27 bits per heavy atom. The van der Waals surface area contributed by atoms with Crippen LogP contribution in [0.1, 0.15) is 10.5 Å². The van der Waals surface area contributed by atoms with Crippen LogP contribution >= 0.6 is 22.6 Å². The molecule has 0 saturated carbocycles. The van der Waals surface area contributed by atoms with Crippen LogP contribution in [0, 0.1) is 9.52 Å². The highest BCUT2D eigenvalue weighted by Gasteiger charge is 2.06. The molecule has 0 amide bonds. The third-order valence-corrected chi connectivity index (χ3v) is 1.53. The number of aromatic nitrogens is 1. The van der Waals surface area contributed by atoms with Crippen LogP contribution in [-0.4, -0.2) is 16.1 Å². The summed E-state index contributed by atoms with van der Waals surface area (Å²) in [7, 11) is 0. The van der Waals surface area contributed by atoms with Crippen molar-refractivity contribution < 1.29 is 14.3 Å². The number of hydrogen-bond acceptors (Lipinski definition) is 2. The molecule has 0 fully saturated rings. The molecule has 5 heteroatoms. The van der Waals surface area contributed by atoms with Gasteiger partial charge in [0.2, 0.25) is 0 Å². The summed E-state index contributed by atoms with van der Waals surface area (Å²) in [5, 5.41) is 8.40. The van der Waals surface area contributed by atoms with Crippen molar-refractivity contribution in [1.82, 2.24) is 4.98 Å². The second kappa shape index (κ2) is 3.12. The van der Waals surface area contributed by atoms with Crippen molar-refractivity contribution in [2.24, 2.45) is 0 Å². The summed E-state index contributed by atoms with van der Waals surface area (Å²) in [5.41, 5.74) is -0.269. The molecule has 1 N–H and O–H groups in total. The van der Waals surface area contributed by atoms with Crippen LogP contribution in [0.5, 0.6) is 0 Å². The quantitative estimate of drug-likeness (QED) is 0.620. The zero-order valence-corrected chi connectivity index (χ0v) is 7.37. The van der Waals surface area contributed by atoms with E-state index < -0.39 is 11.8 Å². The van der Waals surface area contributed by atoms with Gasteiger partial charge < -0.3 is 5.11 Å². The normalized spacial score (nSPS) is 9.64. The van der Waals surface area contributed by atoms with E-state index in [0.29, 0.717) is 3.70 Å². The van der Waals surface area contributed by atoms with Gasteiger partial charge in [0.1, 0.15) is 9.52 Å². The van der Waals surface area contributed by atoms with E-state index in [4.69, 9.17) is 5.11 Å². The maximum Gasteiger partial charge on any atom is 0.354 e. The molecule has 0 atom stereocenters. The Morgan fingerprint density at radius 3 is 2.73 bits per heavy atom. The van der Waals surface area contributed by atoms with E-state index in [1.54, 1.807) is 22.6 Å². The summed E-state index contributed by atoms with van der Waals surface area (Å²) in [5.74, 6) is -1.80. The van der Waals surface area contributed by atoms with Crippen molar-refractivity contribution in [2.45, 2.75) is 0 Å². The van der Waals surface area contributed by atoms with Crippen molar-refractivity contribution >= 4 is 28.6 Å². The van der Waals surface area contributed by atoms with Crippen molar-refractivity contribution in [1.29, 1.82) is 0 Å². The van der Waals surface area contributed by atoms with Gasteiger partial charge >= 0.3 is 5.97 Å². The first kappa shape index (κ1) is 8.38. The highest BCUT2D eigenvalue weighted by Crippen LogP contribution is 2.06. The van der Waals surface area contributed by atoms with Gasteiger partial charge in [-0.3, -0.25) is 0 Å². The predicted octanol–water partition coefficient (Wildman–Crippen LogP) is 1.52. The summed E-state index contributed by atoms with van der Waals surface area (Å²) in [6, 6.07) is 2.04. The zero-order chi connectivity index (χ0) is 8.43. The Morgan fingerprint density at radius 1 is 1.64 bits per heavy atom. The molecular formula is C6H3FINO2. The summed E-state index contributed by atoms with van der Waals surface area (Å²) < 4.78 is 12.8. The van der Waals surface area contributed by atoms with E-state index in [1.165, 1.54) is 0 Å². The van der Waals surface area contributed by atoms with E-state index in [0.717, 1.165) is 12.1 Å². The minimum Gasteiger partial charge on any atom is -0.477 e. The fourth-order valence-electron chi connectivity index (χ4n) is 0.575. The smallest absolute Gasteiger partial charge is 0.354 e. The van der Waals surface area contributed by atoms with Crippen molar-refractivity contribution in [3.63, 3.8) is 0 Å². The van der Waals surface area contributed by atoms with Crippen LogP contribution in [0.2, 0.25) is 0 Å². The number of aromatic carboxylic acids is 1. The Bertz CT molecular complexity index is 282. The van der Waals surface area contributed by atoms with E-state index in [-0.39, 0.29) is 5.69 Å². The minimum absolute atomic E-state index is 0.269. The van der Waals surface area contributed by atoms with Gasteiger partial charge in [0.25, 0.3) is 0 Å². The van der Waals surface area contributed by atoms with Gasteiger partial charge in [-0.05, 0) is 22.6 Å². The molecule has 0 aliphatic carbocycles. The molecule has 0 aliphatic heterocycles. The lowest BCUT2D eigenvalue weighted by Crippen LogP contribution is -2.01. The van der Waals surface area contributed by atoms with Crippen molar-refractivity contribution in [3.05, 3.63) is 27.3 Å². The highest BCUT2D eigenvalue weighted by molar-refractivity contribution is 14.1. The molecule has 0 bridgehead atoms. The number of carbonyl (C=O) groups is 1. The van der Waals surface area contributed by atoms with E-state index in [2.05, 4.69) is 4.98 Å². The third kappa shape index (κ3) is 2.11. The molecular weight excluding hydrogens is 264 g/mol. The van der Waals surface area contributed by atoms with Crippen LogP contribution < -0.4 is 0 Å². The lowest BCUT2D eigenvalue weighted by Gasteiger charge is -1.94. The number of pyridine rings is 1. The molecule has 0 aliphatic rings. The first-order valence-electron chi connectivity index (χ1n) is 2.66. The molecule has 3 nitrogen and oxygen atoms in total. The van der Waals surface area contributed by atoms with Crippen LogP contribution in [0.25, 0.3) is 0 Å². The average Bonchev–Trinajstić information content (AvgIpc) is 1.85. The molecule has 58 valence electrons. The Kier molecular flexibility index (Phi) is 2.38. The lowest BCUT2D eigenvalue weighted by molar-refractivity contribution is 0.0689. The molecule has 11 heavy (non-hydrogen) atoms. The summed E-state index contributed by atoms with van der Waals surface area (Å²) in [6.45, 7) is 0. The number of carboxylic acid groups (broad SMARTS) is 1. The largest absolute Gasteiger partial charge is 0.477 e. The standard InChI is InChI=1S/C6H3FINO2/c7-3-1-4(6(10)11)9-5(8)2-3/h1-2H,(H,10,11). The predicted molar refractivity (Wildman–Crippen MR) is 43.9 cm³/mol. The van der Waals surface area contributed by atoms with Gasteiger partial charge in [-0.2, -0.15) is 0 Å². The van der Waals surface area contributed by atoms with E-state index in [1.807, 2.05) is 0 Å². The zero-order valence-electron chi connectivity index (χ0n) is 5.21. The molecule has 0 aromatic carbocycles.